The molecule has 0 aromatic rings. The lowest BCUT2D eigenvalue weighted by Crippen LogP contribution is -2.47. The number of carbonyl (C=O) groups is 1. The van der Waals surface area contributed by atoms with Gasteiger partial charge in [-0.25, -0.2) is 0 Å². The van der Waals surface area contributed by atoms with Crippen molar-refractivity contribution in [3.8, 4) is 0 Å². The highest BCUT2D eigenvalue weighted by atomic mass is 16.5. The molecule has 0 aromatic heterocycles. The summed E-state index contributed by atoms with van der Waals surface area (Å²) in [6, 6.07) is -0.0622. The zero-order valence-corrected chi connectivity index (χ0v) is 10.2. The Labute approximate surface area is 102 Å². The monoisotopic (exact) mass is 242 g/mol. The van der Waals surface area contributed by atoms with E-state index < -0.39 is 0 Å². The molecule has 17 heavy (non-hydrogen) atoms. The maximum atomic E-state index is 11.8. The maximum absolute atomic E-state index is 11.8. The van der Waals surface area contributed by atoms with E-state index in [0.717, 1.165) is 38.8 Å². The van der Waals surface area contributed by atoms with Crippen LogP contribution in [0.2, 0.25) is 0 Å². The van der Waals surface area contributed by atoms with Crippen molar-refractivity contribution in [1.82, 2.24) is 10.6 Å². The first-order valence-corrected chi connectivity index (χ1v) is 6.55. The fourth-order valence-electron chi connectivity index (χ4n) is 2.50. The number of aliphatic hydroxyl groups excluding tert-OH is 1. The lowest BCUT2D eigenvalue weighted by Gasteiger charge is -2.29. The van der Waals surface area contributed by atoms with Crippen LogP contribution >= 0.6 is 0 Å². The number of nitrogens with one attached hydrogen (secondary N) is 2. The number of amides is 1. The number of hydrogen-bond donors (Lipinski definition) is 3. The molecule has 1 saturated carbocycles. The quantitative estimate of drug-likeness (QED) is 0.640. The summed E-state index contributed by atoms with van der Waals surface area (Å²) < 4.78 is 5.48. The van der Waals surface area contributed by atoms with Gasteiger partial charge in [0.2, 0.25) is 5.91 Å². The van der Waals surface area contributed by atoms with Gasteiger partial charge in [0.25, 0.3) is 0 Å². The molecule has 3 atom stereocenters. The molecule has 1 aliphatic carbocycles. The van der Waals surface area contributed by atoms with Crippen molar-refractivity contribution in [1.29, 1.82) is 0 Å². The second-order valence-electron chi connectivity index (χ2n) is 4.93. The predicted molar refractivity (Wildman–Crippen MR) is 63.6 cm³/mol. The van der Waals surface area contributed by atoms with E-state index in [1.54, 1.807) is 0 Å². The number of carbonyl (C=O) groups excluding carboxylic acids is 1. The Balaban J connectivity index is 1.72. The predicted octanol–water partition coefficient (Wildman–Crippen LogP) is -0.215. The molecule has 1 aliphatic heterocycles. The summed E-state index contributed by atoms with van der Waals surface area (Å²) in [5, 5.41) is 15.9. The van der Waals surface area contributed by atoms with Gasteiger partial charge >= 0.3 is 0 Å². The summed E-state index contributed by atoms with van der Waals surface area (Å²) in [6.45, 7) is 2.27. The van der Waals surface area contributed by atoms with Crippen LogP contribution in [-0.2, 0) is 9.53 Å². The highest BCUT2D eigenvalue weighted by Gasteiger charge is 2.25. The van der Waals surface area contributed by atoms with E-state index >= 15 is 0 Å². The van der Waals surface area contributed by atoms with Gasteiger partial charge in [-0.1, -0.05) is 12.8 Å². The van der Waals surface area contributed by atoms with Gasteiger partial charge in [-0.3, -0.25) is 4.79 Å². The van der Waals surface area contributed by atoms with Crippen molar-refractivity contribution >= 4 is 5.91 Å². The largest absolute Gasteiger partial charge is 0.391 e. The van der Waals surface area contributed by atoms with Crippen LogP contribution in [0.15, 0.2) is 0 Å². The third-order valence-electron chi connectivity index (χ3n) is 3.49. The van der Waals surface area contributed by atoms with E-state index in [0.29, 0.717) is 13.0 Å². The third kappa shape index (κ3) is 3.94. The Morgan fingerprint density at radius 1 is 1.41 bits per heavy atom. The minimum atomic E-state index is -0.377. The summed E-state index contributed by atoms with van der Waals surface area (Å²) in [7, 11) is 0. The van der Waals surface area contributed by atoms with Gasteiger partial charge in [0.05, 0.1) is 31.3 Å². The van der Waals surface area contributed by atoms with Crippen LogP contribution in [0.3, 0.4) is 0 Å². The highest BCUT2D eigenvalue weighted by molar-refractivity contribution is 5.76. The number of hydrogen-bond acceptors (Lipinski definition) is 4. The van der Waals surface area contributed by atoms with Gasteiger partial charge in [0.15, 0.2) is 0 Å². The lowest BCUT2D eigenvalue weighted by atomic mass is 9.92. The standard InChI is InChI=1S/C12H22N2O3/c15-11-4-2-1-3-10(11)14-12(16)7-9-8-13-5-6-17-9/h9-11,13,15H,1-8H2,(H,14,16)/t9?,10-,11-/m1/s1. The maximum Gasteiger partial charge on any atom is 0.222 e. The first-order valence-electron chi connectivity index (χ1n) is 6.55. The van der Waals surface area contributed by atoms with Gasteiger partial charge in [0.1, 0.15) is 0 Å². The first kappa shape index (κ1) is 12.8. The summed E-state index contributed by atoms with van der Waals surface area (Å²) >= 11 is 0. The number of morpholine rings is 1. The molecule has 0 aromatic carbocycles. The minimum Gasteiger partial charge on any atom is -0.391 e. The lowest BCUT2D eigenvalue weighted by molar-refractivity contribution is -0.126. The Kier molecular flexibility index (Phi) is 4.76. The fraction of sp³-hybridized carbons (Fsp3) is 0.917. The van der Waals surface area contributed by atoms with Crippen molar-refractivity contribution in [2.24, 2.45) is 0 Å². The number of rotatable bonds is 3. The summed E-state index contributed by atoms with van der Waals surface area (Å²) in [6.07, 6.45) is 3.81. The van der Waals surface area contributed by atoms with E-state index in [2.05, 4.69) is 10.6 Å². The van der Waals surface area contributed by atoms with Crippen LogP contribution < -0.4 is 10.6 Å². The summed E-state index contributed by atoms with van der Waals surface area (Å²) in [5.41, 5.74) is 0. The average Bonchev–Trinajstić information content (AvgIpc) is 2.33. The van der Waals surface area contributed by atoms with E-state index in [9.17, 15) is 9.90 Å². The molecule has 3 N–H and O–H groups in total. The third-order valence-corrected chi connectivity index (χ3v) is 3.49. The van der Waals surface area contributed by atoms with Gasteiger partial charge in [-0.2, -0.15) is 0 Å². The SMILES string of the molecule is O=C(CC1CNCCO1)N[C@@H]1CCCC[C@H]1O. The van der Waals surface area contributed by atoms with Crippen molar-refractivity contribution in [3.63, 3.8) is 0 Å². The van der Waals surface area contributed by atoms with E-state index in [-0.39, 0.29) is 24.2 Å². The Morgan fingerprint density at radius 2 is 2.24 bits per heavy atom. The molecule has 1 heterocycles. The Hall–Kier alpha value is -0.650. The second kappa shape index (κ2) is 6.33. The molecule has 2 aliphatic rings. The molecule has 1 amide bonds. The van der Waals surface area contributed by atoms with Crippen molar-refractivity contribution in [2.45, 2.75) is 50.4 Å². The Bertz CT molecular complexity index is 254. The molecule has 98 valence electrons. The van der Waals surface area contributed by atoms with Crippen LogP contribution in [0.1, 0.15) is 32.1 Å². The van der Waals surface area contributed by atoms with Gasteiger partial charge < -0.3 is 20.5 Å². The Morgan fingerprint density at radius 3 is 2.94 bits per heavy atom. The topological polar surface area (TPSA) is 70.6 Å². The summed E-state index contributed by atoms with van der Waals surface area (Å²) in [5.74, 6) is -0.00958. The normalized spacial score (nSPS) is 34.3. The van der Waals surface area contributed by atoms with Gasteiger partial charge in [-0.05, 0) is 12.8 Å². The summed E-state index contributed by atoms with van der Waals surface area (Å²) in [4.78, 5) is 11.8. The van der Waals surface area contributed by atoms with E-state index in [1.807, 2.05) is 0 Å². The average molecular weight is 242 g/mol. The van der Waals surface area contributed by atoms with Crippen LogP contribution in [0.5, 0.6) is 0 Å². The van der Waals surface area contributed by atoms with Crippen LogP contribution in [0, 0.1) is 0 Å². The molecule has 1 saturated heterocycles. The van der Waals surface area contributed by atoms with Gasteiger partial charge in [-0.15, -0.1) is 0 Å². The van der Waals surface area contributed by atoms with Crippen molar-refractivity contribution < 1.29 is 14.6 Å². The van der Waals surface area contributed by atoms with E-state index in [4.69, 9.17) is 4.74 Å². The van der Waals surface area contributed by atoms with Crippen LogP contribution in [0.4, 0.5) is 0 Å². The molecular weight excluding hydrogens is 220 g/mol. The molecule has 5 heteroatoms. The molecule has 5 nitrogen and oxygen atoms in total. The molecule has 0 radical (unpaired) electrons. The van der Waals surface area contributed by atoms with Crippen LogP contribution in [-0.4, -0.2) is 49.0 Å². The molecule has 0 spiro atoms. The van der Waals surface area contributed by atoms with Gasteiger partial charge in [0, 0.05) is 13.1 Å². The second-order valence-corrected chi connectivity index (χ2v) is 4.93. The van der Waals surface area contributed by atoms with E-state index in [1.165, 1.54) is 0 Å². The smallest absolute Gasteiger partial charge is 0.222 e. The number of ether oxygens (including phenoxy) is 1. The molecule has 2 rings (SSSR count). The highest BCUT2D eigenvalue weighted by Crippen LogP contribution is 2.18. The number of aliphatic hydroxyl groups is 1. The molecule has 1 unspecified atom stereocenters. The van der Waals surface area contributed by atoms with Crippen molar-refractivity contribution in [3.05, 3.63) is 0 Å². The van der Waals surface area contributed by atoms with Crippen molar-refractivity contribution in [2.75, 3.05) is 19.7 Å². The molecule has 2 fully saturated rings. The minimum absolute atomic E-state index is 0.00958. The zero-order valence-electron chi connectivity index (χ0n) is 10.2. The van der Waals surface area contributed by atoms with Crippen LogP contribution in [0.25, 0.3) is 0 Å². The molecule has 0 bridgehead atoms. The fourth-order valence-corrected chi connectivity index (χ4v) is 2.50. The first-order chi connectivity index (χ1) is 8.25. The zero-order chi connectivity index (χ0) is 12.1. The molecular formula is C12H22N2O3.